The lowest BCUT2D eigenvalue weighted by atomic mass is 9.46. The third kappa shape index (κ3) is 3.66. The SMILES string of the molecule is CC(C)CCCC(C)(C)C1CCC2C3CC=C4C[C@@H](O)CC[C@]4(C)C3CC[C@@]21C. The van der Waals surface area contributed by atoms with Crippen molar-refractivity contribution in [2.45, 2.75) is 118 Å². The molecule has 0 aromatic carbocycles. The van der Waals surface area contributed by atoms with Gasteiger partial charge in [-0.25, -0.2) is 0 Å². The normalized spacial score (nSPS) is 44.8. The van der Waals surface area contributed by atoms with Gasteiger partial charge in [0.25, 0.3) is 0 Å². The number of aliphatic hydroxyl groups is 1. The smallest absolute Gasteiger partial charge is 0.0577 e. The summed E-state index contributed by atoms with van der Waals surface area (Å²) in [6.45, 7) is 15.2. The van der Waals surface area contributed by atoms with E-state index in [1.807, 2.05) is 0 Å². The highest BCUT2D eigenvalue weighted by molar-refractivity contribution is 5.25. The van der Waals surface area contributed by atoms with Crippen LogP contribution in [-0.4, -0.2) is 11.2 Å². The maximum Gasteiger partial charge on any atom is 0.0577 e. The van der Waals surface area contributed by atoms with E-state index >= 15 is 0 Å². The van der Waals surface area contributed by atoms with Gasteiger partial charge in [-0.15, -0.1) is 0 Å². The standard InChI is InChI=1S/C28H48O/c1-19(2)8-7-15-26(3,4)25-12-11-23-22-10-9-20-18-21(29)13-16-27(20,5)24(22)14-17-28(23,25)6/h9,19,21-25,29H,7-8,10-18H2,1-6H3/t21-,22?,23?,24?,25?,27-,28-/m0/s1. The molecule has 1 nitrogen and oxygen atoms in total. The van der Waals surface area contributed by atoms with Crippen molar-refractivity contribution in [3.8, 4) is 0 Å². The molecule has 0 radical (unpaired) electrons. The topological polar surface area (TPSA) is 20.2 Å². The van der Waals surface area contributed by atoms with E-state index in [4.69, 9.17) is 0 Å². The second kappa shape index (κ2) is 7.68. The van der Waals surface area contributed by atoms with Gasteiger partial charge in [0.2, 0.25) is 0 Å². The minimum Gasteiger partial charge on any atom is -0.393 e. The summed E-state index contributed by atoms with van der Waals surface area (Å²) in [5.74, 6) is 4.44. The van der Waals surface area contributed by atoms with Crippen molar-refractivity contribution in [3.05, 3.63) is 11.6 Å². The molecule has 4 rings (SSSR count). The number of aliphatic hydroxyl groups excluding tert-OH is 1. The molecule has 166 valence electrons. The Bertz CT molecular complexity index is 630. The van der Waals surface area contributed by atoms with Crippen molar-refractivity contribution in [2.24, 2.45) is 45.8 Å². The zero-order valence-electron chi connectivity index (χ0n) is 20.3. The van der Waals surface area contributed by atoms with Gasteiger partial charge in [-0.05, 0) is 104 Å². The van der Waals surface area contributed by atoms with Crippen LogP contribution < -0.4 is 0 Å². The Balaban J connectivity index is 1.53. The lowest BCUT2D eigenvalue weighted by Gasteiger charge is -2.59. The molecule has 1 heteroatoms. The summed E-state index contributed by atoms with van der Waals surface area (Å²) >= 11 is 0. The third-order valence-corrected chi connectivity index (χ3v) is 10.6. The summed E-state index contributed by atoms with van der Waals surface area (Å²) < 4.78 is 0. The van der Waals surface area contributed by atoms with Gasteiger partial charge >= 0.3 is 0 Å². The second-order valence-electron chi connectivity index (χ2n) is 13.1. The monoisotopic (exact) mass is 400 g/mol. The van der Waals surface area contributed by atoms with Crippen LogP contribution in [0.5, 0.6) is 0 Å². The molecular weight excluding hydrogens is 352 g/mol. The maximum atomic E-state index is 10.2. The van der Waals surface area contributed by atoms with E-state index < -0.39 is 0 Å². The molecule has 0 bridgehead atoms. The molecule has 0 heterocycles. The summed E-state index contributed by atoms with van der Waals surface area (Å²) in [5.41, 5.74) is 3.04. The summed E-state index contributed by atoms with van der Waals surface area (Å²) in [6, 6.07) is 0. The minimum atomic E-state index is -0.0813. The fourth-order valence-electron chi connectivity index (χ4n) is 9.07. The average Bonchev–Trinajstić information content (AvgIpc) is 3.00. The molecule has 3 saturated carbocycles. The molecule has 4 aliphatic carbocycles. The number of rotatable bonds is 5. The maximum absolute atomic E-state index is 10.2. The van der Waals surface area contributed by atoms with Gasteiger partial charge in [0.15, 0.2) is 0 Å². The zero-order chi connectivity index (χ0) is 21.0. The third-order valence-electron chi connectivity index (χ3n) is 10.6. The first-order valence-corrected chi connectivity index (χ1v) is 13.0. The van der Waals surface area contributed by atoms with Gasteiger partial charge in [0.05, 0.1) is 6.10 Å². The molecule has 0 aromatic heterocycles. The van der Waals surface area contributed by atoms with Crippen LogP contribution in [0.4, 0.5) is 0 Å². The van der Waals surface area contributed by atoms with Crippen molar-refractivity contribution < 1.29 is 5.11 Å². The molecule has 4 aliphatic rings. The summed E-state index contributed by atoms with van der Waals surface area (Å²) in [5, 5.41) is 10.2. The second-order valence-corrected chi connectivity index (χ2v) is 13.1. The van der Waals surface area contributed by atoms with Crippen molar-refractivity contribution in [2.75, 3.05) is 0 Å². The predicted molar refractivity (Wildman–Crippen MR) is 124 cm³/mol. The Labute approximate surface area is 181 Å². The van der Waals surface area contributed by atoms with E-state index in [1.54, 1.807) is 5.57 Å². The van der Waals surface area contributed by atoms with Crippen LogP contribution in [0.2, 0.25) is 0 Å². The molecule has 3 fully saturated rings. The molecule has 1 N–H and O–H groups in total. The van der Waals surface area contributed by atoms with Gasteiger partial charge in [-0.3, -0.25) is 0 Å². The Morgan fingerprint density at radius 3 is 2.55 bits per heavy atom. The van der Waals surface area contributed by atoms with Gasteiger partial charge in [-0.2, -0.15) is 0 Å². The molecule has 0 spiro atoms. The number of fused-ring (bicyclic) bond motifs is 5. The van der Waals surface area contributed by atoms with Crippen LogP contribution in [0.15, 0.2) is 11.6 Å². The lowest BCUT2D eigenvalue weighted by Crippen LogP contribution is -2.51. The van der Waals surface area contributed by atoms with E-state index in [0.29, 0.717) is 16.2 Å². The molecule has 0 aliphatic heterocycles. The van der Waals surface area contributed by atoms with Crippen molar-refractivity contribution in [1.29, 1.82) is 0 Å². The van der Waals surface area contributed by atoms with Crippen molar-refractivity contribution >= 4 is 0 Å². The first-order valence-electron chi connectivity index (χ1n) is 13.0. The van der Waals surface area contributed by atoms with Gasteiger partial charge in [-0.1, -0.05) is 66.0 Å². The highest BCUT2D eigenvalue weighted by Gasteiger charge is 2.60. The molecule has 0 amide bonds. The summed E-state index contributed by atoms with van der Waals surface area (Å²) in [7, 11) is 0. The number of allylic oxidation sites excluding steroid dienone is 1. The van der Waals surface area contributed by atoms with Gasteiger partial charge in [0, 0.05) is 0 Å². The number of hydrogen-bond donors (Lipinski definition) is 1. The molecule has 29 heavy (non-hydrogen) atoms. The van der Waals surface area contributed by atoms with Crippen LogP contribution in [0.25, 0.3) is 0 Å². The summed E-state index contributed by atoms with van der Waals surface area (Å²) in [4.78, 5) is 0. The Hall–Kier alpha value is -0.300. The highest BCUT2D eigenvalue weighted by Crippen LogP contribution is 2.68. The largest absolute Gasteiger partial charge is 0.393 e. The Morgan fingerprint density at radius 2 is 1.83 bits per heavy atom. The summed E-state index contributed by atoms with van der Waals surface area (Å²) in [6.07, 6.45) is 17.0. The highest BCUT2D eigenvalue weighted by atomic mass is 16.3. The average molecular weight is 401 g/mol. The van der Waals surface area contributed by atoms with Crippen molar-refractivity contribution in [3.63, 3.8) is 0 Å². The molecular formula is C28H48O. The van der Waals surface area contributed by atoms with E-state index in [0.717, 1.165) is 42.4 Å². The van der Waals surface area contributed by atoms with E-state index in [9.17, 15) is 5.11 Å². The fourth-order valence-corrected chi connectivity index (χ4v) is 9.07. The van der Waals surface area contributed by atoms with Crippen LogP contribution in [0.3, 0.4) is 0 Å². The molecule has 4 unspecified atom stereocenters. The minimum absolute atomic E-state index is 0.0813. The van der Waals surface area contributed by atoms with E-state index in [-0.39, 0.29) is 6.10 Å². The van der Waals surface area contributed by atoms with Gasteiger partial charge in [0.1, 0.15) is 0 Å². The van der Waals surface area contributed by atoms with Crippen LogP contribution in [0.1, 0.15) is 112 Å². The fraction of sp³-hybridized carbons (Fsp3) is 0.929. The predicted octanol–water partition coefficient (Wildman–Crippen LogP) is 7.78. The lowest BCUT2D eigenvalue weighted by molar-refractivity contribution is -0.0695. The van der Waals surface area contributed by atoms with Crippen molar-refractivity contribution in [1.82, 2.24) is 0 Å². The Kier molecular flexibility index (Phi) is 5.81. The molecule has 0 aromatic rings. The van der Waals surface area contributed by atoms with E-state index in [2.05, 4.69) is 47.6 Å². The van der Waals surface area contributed by atoms with E-state index in [1.165, 1.54) is 57.8 Å². The van der Waals surface area contributed by atoms with Crippen LogP contribution >= 0.6 is 0 Å². The first kappa shape index (κ1) is 21.9. The first-order chi connectivity index (χ1) is 13.6. The molecule has 0 saturated heterocycles. The zero-order valence-corrected chi connectivity index (χ0v) is 20.3. The van der Waals surface area contributed by atoms with Crippen LogP contribution in [0, 0.1) is 45.8 Å². The number of hydrogen-bond acceptors (Lipinski definition) is 1. The van der Waals surface area contributed by atoms with Crippen LogP contribution in [-0.2, 0) is 0 Å². The van der Waals surface area contributed by atoms with Gasteiger partial charge < -0.3 is 5.11 Å². The Morgan fingerprint density at radius 1 is 1.07 bits per heavy atom. The molecule has 7 atom stereocenters. The quantitative estimate of drug-likeness (QED) is 0.467.